The first-order chi connectivity index (χ1) is 13.1. The van der Waals surface area contributed by atoms with Crippen LogP contribution in [-0.2, 0) is 7.05 Å². The van der Waals surface area contributed by atoms with Crippen molar-refractivity contribution >= 4 is 23.4 Å². The van der Waals surface area contributed by atoms with E-state index in [1.807, 2.05) is 42.8 Å². The van der Waals surface area contributed by atoms with Gasteiger partial charge in [0.15, 0.2) is 11.0 Å². The van der Waals surface area contributed by atoms with Crippen LogP contribution in [0.2, 0.25) is 5.02 Å². The minimum absolute atomic E-state index is 0.0879. The van der Waals surface area contributed by atoms with Crippen molar-refractivity contribution in [1.29, 1.82) is 0 Å². The van der Waals surface area contributed by atoms with E-state index in [2.05, 4.69) is 25.3 Å². The van der Waals surface area contributed by atoms with Crippen molar-refractivity contribution in [3.63, 3.8) is 0 Å². The van der Waals surface area contributed by atoms with E-state index in [0.717, 1.165) is 22.1 Å². The van der Waals surface area contributed by atoms with E-state index in [4.69, 9.17) is 16.1 Å². The highest BCUT2D eigenvalue weighted by Crippen LogP contribution is 2.34. The number of rotatable bonds is 5. The average Bonchev–Trinajstić information content (AvgIpc) is 3.31. The summed E-state index contributed by atoms with van der Waals surface area (Å²) in [5, 5.41) is 13.9. The van der Waals surface area contributed by atoms with Crippen LogP contribution in [0.25, 0.3) is 22.8 Å². The maximum absolute atomic E-state index is 6.03. The summed E-state index contributed by atoms with van der Waals surface area (Å²) in [5.74, 6) is 1.78. The van der Waals surface area contributed by atoms with Gasteiger partial charge in [0.1, 0.15) is 0 Å². The van der Waals surface area contributed by atoms with E-state index in [1.165, 1.54) is 11.8 Å². The van der Waals surface area contributed by atoms with Gasteiger partial charge in [-0.3, -0.25) is 4.98 Å². The van der Waals surface area contributed by atoms with Gasteiger partial charge in [0.25, 0.3) is 0 Å². The maximum Gasteiger partial charge on any atom is 0.240 e. The topological polar surface area (TPSA) is 82.5 Å². The zero-order chi connectivity index (χ0) is 18.8. The van der Waals surface area contributed by atoms with Crippen LogP contribution >= 0.6 is 23.4 Å². The van der Waals surface area contributed by atoms with Gasteiger partial charge in [-0.1, -0.05) is 40.7 Å². The first kappa shape index (κ1) is 17.7. The van der Waals surface area contributed by atoms with Gasteiger partial charge in [-0.15, -0.1) is 10.2 Å². The molecule has 0 fully saturated rings. The molecule has 0 radical (unpaired) electrons. The largest absolute Gasteiger partial charge is 0.338 e. The molecular formula is C18H15ClN6OS. The SMILES string of the molecule is CC(Sc1nnc(-c2cccnc2)n1C)c1nc(-c2cccc(Cl)c2)no1. The number of hydrogen-bond donors (Lipinski definition) is 0. The van der Waals surface area contributed by atoms with Crippen molar-refractivity contribution in [2.24, 2.45) is 7.05 Å². The zero-order valence-corrected chi connectivity index (χ0v) is 16.1. The number of halogens is 1. The smallest absolute Gasteiger partial charge is 0.240 e. The third-order valence-corrected chi connectivity index (χ3v) is 5.27. The Labute approximate surface area is 164 Å². The highest BCUT2D eigenvalue weighted by Gasteiger charge is 2.20. The molecule has 0 aliphatic carbocycles. The predicted octanol–water partition coefficient (Wildman–Crippen LogP) is 4.43. The summed E-state index contributed by atoms with van der Waals surface area (Å²) in [6.07, 6.45) is 3.49. The first-order valence-electron chi connectivity index (χ1n) is 8.18. The van der Waals surface area contributed by atoms with Crippen LogP contribution in [0.1, 0.15) is 18.1 Å². The van der Waals surface area contributed by atoms with Gasteiger partial charge in [0.2, 0.25) is 11.7 Å². The lowest BCUT2D eigenvalue weighted by atomic mass is 10.2. The Hall–Kier alpha value is -2.71. The molecule has 0 amide bonds. The molecule has 4 rings (SSSR count). The predicted molar refractivity (Wildman–Crippen MR) is 103 cm³/mol. The molecule has 0 aliphatic rings. The Morgan fingerprint density at radius 3 is 2.78 bits per heavy atom. The molecule has 0 N–H and O–H groups in total. The zero-order valence-electron chi connectivity index (χ0n) is 14.6. The number of benzene rings is 1. The van der Waals surface area contributed by atoms with Crippen molar-refractivity contribution in [1.82, 2.24) is 29.9 Å². The van der Waals surface area contributed by atoms with Gasteiger partial charge < -0.3 is 9.09 Å². The Bertz CT molecular complexity index is 1060. The molecule has 4 aromatic rings. The molecule has 27 heavy (non-hydrogen) atoms. The van der Waals surface area contributed by atoms with Crippen molar-refractivity contribution in [2.45, 2.75) is 17.3 Å². The van der Waals surface area contributed by atoms with Gasteiger partial charge >= 0.3 is 0 Å². The molecular weight excluding hydrogens is 384 g/mol. The highest BCUT2D eigenvalue weighted by atomic mass is 35.5. The van der Waals surface area contributed by atoms with E-state index < -0.39 is 0 Å². The molecule has 7 nitrogen and oxygen atoms in total. The van der Waals surface area contributed by atoms with E-state index >= 15 is 0 Å². The third-order valence-electron chi connectivity index (χ3n) is 3.91. The quantitative estimate of drug-likeness (QED) is 0.459. The number of hydrogen-bond acceptors (Lipinski definition) is 7. The number of nitrogens with zero attached hydrogens (tertiary/aromatic N) is 6. The number of thioether (sulfide) groups is 1. The Morgan fingerprint density at radius 1 is 1.15 bits per heavy atom. The molecule has 136 valence electrons. The average molecular weight is 399 g/mol. The minimum atomic E-state index is -0.0879. The third kappa shape index (κ3) is 3.72. The second-order valence-electron chi connectivity index (χ2n) is 5.83. The number of aromatic nitrogens is 6. The standard InChI is InChI=1S/C18H15ClN6OS/c1-11(17-21-15(24-26-17)12-5-3-7-14(19)9-12)27-18-23-22-16(25(18)2)13-6-4-8-20-10-13/h3-11H,1-2H3. The van der Waals surface area contributed by atoms with Gasteiger partial charge in [-0.05, 0) is 31.2 Å². The summed E-state index contributed by atoms with van der Waals surface area (Å²) in [6.45, 7) is 1.98. The van der Waals surface area contributed by atoms with E-state index in [-0.39, 0.29) is 5.25 Å². The fraction of sp³-hybridized carbons (Fsp3) is 0.167. The normalized spacial score (nSPS) is 12.3. The summed E-state index contributed by atoms with van der Waals surface area (Å²) >= 11 is 7.53. The van der Waals surface area contributed by atoms with E-state index in [1.54, 1.807) is 24.5 Å². The second-order valence-corrected chi connectivity index (χ2v) is 7.58. The molecule has 1 aromatic carbocycles. The van der Waals surface area contributed by atoms with Crippen molar-refractivity contribution < 1.29 is 4.52 Å². The second kappa shape index (κ2) is 7.50. The van der Waals surface area contributed by atoms with Crippen LogP contribution in [-0.4, -0.2) is 29.9 Å². The van der Waals surface area contributed by atoms with Crippen LogP contribution in [0.4, 0.5) is 0 Å². The van der Waals surface area contributed by atoms with Crippen LogP contribution < -0.4 is 0 Å². The van der Waals surface area contributed by atoms with Gasteiger partial charge in [-0.2, -0.15) is 4.98 Å². The van der Waals surface area contributed by atoms with Crippen molar-refractivity contribution in [3.8, 4) is 22.8 Å². The summed E-state index contributed by atoms with van der Waals surface area (Å²) < 4.78 is 7.35. The van der Waals surface area contributed by atoms with Crippen LogP contribution in [0, 0.1) is 0 Å². The molecule has 1 atom stereocenters. The fourth-order valence-corrected chi connectivity index (χ4v) is 3.55. The van der Waals surface area contributed by atoms with E-state index in [0.29, 0.717) is 16.7 Å². The van der Waals surface area contributed by atoms with Crippen molar-refractivity contribution in [2.75, 3.05) is 0 Å². The van der Waals surface area contributed by atoms with E-state index in [9.17, 15) is 0 Å². The first-order valence-corrected chi connectivity index (χ1v) is 9.43. The summed E-state index contributed by atoms with van der Waals surface area (Å²) in [6, 6.07) is 11.2. The Kier molecular flexibility index (Phi) is 4.91. The van der Waals surface area contributed by atoms with Gasteiger partial charge in [0.05, 0.1) is 5.25 Å². The summed E-state index contributed by atoms with van der Waals surface area (Å²) in [5.41, 5.74) is 1.72. The summed E-state index contributed by atoms with van der Waals surface area (Å²) in [4.78, 5) is 8.61. The Balaban J connectivity index is 1.53. The van der Waals surface area contributed by atoms with Gasteiger partial charge in [0, 0.05) is 35.6 Å². The lowest BCUT2D eigenvalue weighted by Gasteiger charge is -2.06. The minimum Gasteiger partial charge on any atom is -0.338 e. The highest BCUT2D eigenvalue weighted by molar-refractivity contribution is 7.99. The van der Waals surface area contributed by atoms with Gasteiger partial charge in [-0.25, -0.2) is 0 Å². The molecule has 3 heterocycles. The molecule has 0 saturated carbocycles. The molecule has 0 aliphatic heterocycles. The molecule has 3 aromatic heterocycles. The molecule has 0 saturated heterocycles. The lowest BCUT2D eigenvalue weighted by Crippen LogP contribution is -1.97. The molecule has 0 spiro atoms. The van der Waals surface area contributed by atoms with Crippen LogP contribution in [0.15, 0.2) is 58.5 Å². The van der Waals surface area contributed by atoms with Crippen LogP contribution in [0.5, 0.6) is 0 Å². The fourth-order valence-electron chi connectivity index (χ4n) is 2.52. The summed E-state index contributed by atoms with van der Waals surface area (Å²) in [7, 11) is 1.92. The van der Waals surface area contributed by atoms with Crippen molar-refractivity contribution in [3.05, 3.63) is 59.7 Å². The van der Waals surface area contributed by atoms with Crippen LogP contribution in [0.3, 0.4) is 0 Å². The lowest BCUT2D eigenvalue weighted by molar-refractivity contribution is 0.380. The molecule has 9 heteroatoms. The molecule has 1 unspecified atom stereocenters. The maximum atomic E-state index is 6.03. The monoisotopic (exact) mass is 398 g/mol. The molecule has 0 bridgehead atoms. The number of pyridine rings is 1. The Morgan fingerprint density at radius 2 is 2.00 bits per heavy atom.